The van der Waals surface area contributed by atoms with Gasteiger partial charge < -0.3 is 4.74 Å². The number of hydrogen-bond donors (Lipinski definition) is 0. The molecule has 0 aliphatic rings. The van der Waals surface area contributed by atoms with Gasteiger partial charge in [-0.1, -0.05) is 11.6 Å². The summed E-state index contributed by atoms with van der Waals surface area (Å²) in [6, 6.07) is 5.02. The number of ether oxygens (including phenoxy) is 1. The third-order valence-corrected chi connectivity index (χ3v) is 3.29. The molecule has 0 aliphatic carbocycles. The standard InChI is InChI=1S/C12H10ClNO2S/c1-16-12-3-2-8(13)4-10(12)11(15)5-9-6-14-7-17-9/h2-4,6-7H,5H2,1H3. The van der Waals surface area contributed by atoms with E-state index in [4.69, 9.17) is 16.3 Å². The lowest BCUT2D eigenvalue weighted by molar-refractivity contribution is 0.0991. The van der Waals surface area contributed by atoms with Gasteiger partial charge in [-0.05, 0) is 18.2 Å². The first-order chi connectivity index (χ1) is 8.20. The Morgan fingerprint density at radius 2 is 2.35 bits per heavy atom. The normalized spacial score (nSPS) is 10.2. The molecule has 0 fully saturated rings. The van der Waals surface area contributed by atoms with Gasteiger partial charge in [-0.15, -0.1) is 11.3 Å². The molecule has 5 heteroatoms. The topological polar surface area (TPSA) is 39.2 Å². The maximum Gasteiger partial charge on any atom is 0.171 e. The number of aromatic nitrogens is 1. The highest BCUT2D eigenvalue weighted by Crippen LogP contribution is 2.24. The minimum atomic E-state index is -0.0198. The molecule has 1 aromatic carbocycles. The Balaban J connectivity index is 2.26. The Morgan fingerprint density at radius 1 is 1.53 bits per heavy atom. The molecule has 0 bridgehead atoms. The Hall–Kier alpha value is -1.39. The average Bonchev–Trinajstić information content (AvgIpc) is 2.81. The highest BCUT2D eigenvalue weighted by Gasteiger charge is 2.14. The fourth-order valence-electron chi connectivity index (χ4n) is 1.48. The van der Waals surface area contributed by atoms with E-state index in [0.717, 1.165) is 4.88 Å². The zero-order chi connectivity index (χ0) is 12.3. The molecule has 0 saturated carbocycles. The molecule has 0 spiro atoms. The van der Waals surface area contributed by atoms with E-state index < -0.39 is 0 Å². The first-order valence-electron chi connectivity index (χ1n) is 4.95. The zero-order valence-corrected chi connectivity index (χ0v) is 10.7. The molecular formula is C12H10ClNO2S. The van der Waals surface area contributed by atoms with Gasteiger partial charge >= 0.3 is 0 Å². The van der Waals surface area contributed by atoms with Gasteiger partial charge in [0, 0.05) is 22.5 Å². The van der Waals surface area contributed by atoms with Crippen molar-refractivity contribution in [3.8, 4) is 5.75 Å². The van der Waals surface area contributed by atoms with Crippen molar-refractivity contribution in [2.75, 3.05) is 7.11 Å². The van der Waals surface area contributed by atoms with Gasteiger partial charge in [-0.2, -0.15) is 0 Å². The van der Waals surface area contributed by atoms with Crippen LogP contribution < -0.4 is 4.74 Å². The molecule has 3 nitrogen and oxygen atoms in total. The van der Waals surface area contributed by atoms with Crippen LogP contribution in [0.25, 0.3) is 0 Å². The Labute approximate surface area is 108 Å². The summed E-state index contributed by atoms with van der Waals surface area (Å²) < 4.78 is 5.15. The molecule has 0 aliphatic heterocycles. The molecule has 1 heterocycles. The second-order valence-electron chi connectivity index (χ2n) is 3.41. The number of carbonyl (C=O) groups is 1. The largest absolute Gasteiger partial charge is 0.496 e. The molecule has 0 atom stereocenters. The lowest BCUT2D eigenvalue weighted by Crippen LogP contribution is -2.04. The number of rotatable bonds is 4. The van der Waals surface area contributed by atoms with E-state index in [1.54, 1.807) is 29.9 Å². The molecule has 0 amide bonds. The maximum atomic E-state index is 12.1. The number of nitrogens with zero attached hydrogens (tertiary/aromatic N) is 1. The molecule has 88 valence electrons. The Bertz CT molecular complexity index is 525. The molecule has 1 aromatic heterocycles. The van der Waals surface area contributed by atoms with Crippen LogP contribution >= 0.6 is 22.9 Å². The van der Waals surface area contributed by atoms with Crippen molar-refractivity contribution in [1.29, 1.82) is 0 Å². The number of ketones is 1. The summed E-state index contributed by atoms with van der Waals surface area (Å²) >= 11 is 7.34. The maximum absolute atomic E-state index is 12.1. The average molecular weight is 268 g/mol. The zero-order valence-electron chi connectivity index (χ0n) is 9.14. The summed E-state index contributed by atoms with van der Waals surface area (Å²) in [5.41, 5.74) is 2.21. The van der Waals surface area contributed by atoms with Crippen molar-refractivity contribution < 1.29 is 9.53 Å². The molecular weight excluding hydrogens is 258 g/mol. The third kappa shape index (κ3) is 2.84. The smallest absolute Gasteiger partial charge is 0.171 e. The summed E-state index contributed by atoms with van der Waals surface area (Å²) in [5, 5.41) is 0.526. The first kappa shape index (κ1) is 12.1. The SMILES string of the molecule is COc1ccc(Cl)cc1C(=O)Cc1cncs1. The van der Waals surface area contributed by atoms with Crippen molar-refractivity contribution in [2.45, 2.75) is 6.42 Å². The molecule has 17 heavy (non-hydrogen) atoms. The van der Waals surface area contributed by atoms with E-state index in [0.29, 0.717) is 22.8 Å². The number of benzene rings is 1. The van der Waals surface area contributed by atoms with Crippen LogP contribution in [0.1, 0.15) is 15.2 Å². The second kappa shape index (κ2) is 5.29. The second-order valence-corrected chi connectivity index (χ2v) is 4.82. The van der Waals surface area contributed by atoms with E-state index in [9.17, 15) is 4.79 Å². The molecule has 0 saturated heterocycles. The molecule has 2 aromatic rings. The summed E-state index contributed by atoms with van der Waals surface area (Å²) in [7, 11) is 1.53. The fourth-order valence-corrected chi connectivity index (χ4v) is 2.25. The number of Topliss-reactive ketones (excluding diaryl/α,β-unsaturated/α-hetero) is 1. The number of carbonyl (C=O) groups excluding carboxylic acids is 1. The van der Waals surface area contributed by atoms with E-state index in [-0.39, 0.29) is 5.78 Å². The van der Waals surface area contributed by atoms with Gasteiger partial charge in [-0.25, -0.2) is 0 Å². The van der Waals surface area contributed by atoms with Crippen LogP contribution in [0.4, 0.5) is 0 Å². The summed E-state index contributed by atoms with van der Waals surface area (Å²) in [4.78, 5) is 17.0. The fraction of sp³-hybridized carbons (Fsp3) is 0.167. The van der Waals surface area contributed by atoms with Crippen molar-refractivity contribution in [3.05, 3.63) is 45.4 Å². The monoisotopic (exact) mass is 267 g/mol. The van der Waals surface area contributed by atoms with Crippen LogP contribution in [0.15, 0.2) is 29.9 Å². The van der Waals surface area contributed by atoms with Crippen LogP contribution in [0, 0.1) is 0 Å². The quantitative estimate of drug-likeness (QED) is 0.799. The van der Waals surface area contributed by atoms with Crippen molar-refractivity contribution in [2.24, 2.45) is 0 Å². The number of hydrogen-bond acceptors (Lipinski definition) is 4. The molecule has 0 unspecified atom stereocenters. The molecule has 0 radical (unpaired) electrons. The predicted molar refractivity (Wildman–Crippen MR) is 68.2 cm³/mol. The third-order valence-electron chi connectivity index (χ3n) is 2.28. The van der Waals surface area contributed by atoms with Gasteiger partial charge in [0.25, 0.3) is 0 Å². The van der Waals surface area contributed by atoms with Gasteiger partial charge in [0.15, 0.2) is 5.78 Å². The van der Waals surface area contributed by atoms with E-state index in [2.05, 4.69) is 4.98 Å². The van der Waals surface area contributed by atoms with Crippen LogP contribution in [0.3, 0.4) is 0 Å². The van der Waals surface area contributed by atoms with Gasteiger partial charge in [-0.3, -0.25) is 9.78 Å². The van der Waals surface area contributed by atoms with Gasteiger partial charge in [0.05, 0.1) is 18.2 Å². The minimum absolute atomic E-state index is 0.0198. The van der Waals surface area contributed by atoms with Crippen molar-refractivity contribution >= 4 is 28.7 Å². The lowest BCUT2D eigenvalue weighted by Gasteiger charge is -2.07. The number of methoxy groups -OCH3 is 1. The van der Waals surface area contributed by atoms with Gasteiger partial charge in [0.1, 0.15) is 5.75 Å². The van der Waals surface area contributed by atoms with Crippen molar-refractivity contribution in [3.63, 3.8) is 0 Å². The minimum Gasteiger partial charge on any atom is -0.496 e. The van der Waals surface area contributed by atoms with E-state index in [1.165, 1.54) is 18.4 Å². The van der Waals surface area contributed by atoms with E-state index in [1.807, 2.05) is 0 Å². The summed E-state index contributed by atoms with van der Waals surface area (Å²) in [6.45, 7) is 0. The van der Waals surface area contributed by atoms with Crippen LogP contribution in [0.2, 0.25) is 5.02 Å². The van der Waals surface area contributed by atoms with E-state index >= 15 is 0 Å². The molecule has 0 N–H and O–H groups in total. The van der Waals surface area contributed by atoms with Crippen LogP contribution in [0.5, 0.6) is 5.75 Å². The highest BCUT2D eigenvalue weighted by atomic mass is 35.5. The Kier molecular flexibility index (Phi) is 3.76. The van der Waals surface area contributed by atoms with Crippen LogP contribution in [-0.2, 0) is 6.42 Å². The van der Waals surface area contributed by atoms with Crippen molar-refractivity contribution in [1.82, 2.24) is 4.98 Å². The predicted octanol–water partition coefficient (Wildman–Crippen LogP) is 3.23. The Morgan fingerprint density at radius 3 is 3.00 bits per heavy atom. The number of halogens is 1. The first-order valence-corrected chi connectivity index (χ1v) is 6.20. The molecule has 2 rings (SSSR count). The number of thiazole rings is 1. The lowest BCUT2D eigenvalue weighted by atomic mass is 10.1. The highest BCUT2D eigenvalue weighted by molar-refractivity contribution is 7.09. The summed E-state index contributed by atoms with van der Waals surface area (Å²) in [6.07, 6.45) is 2.01. The summed E-state index contributed by atoms with van der Waals surface area (Å²) in [5.74, 6) is 0.525. The van der Waals surface area contributed by atoms with Crippen LogP contribution in [-0.4, -0.2) is 17.9 Å². The van der Waals surface area contributed by atoms with Gasteiger partial charge in [0.2, 0.25) is 0 Å².